The molecule has 0 aliphatic carbocycles. The van der Waals surface area contributed by atoms with Crippen molar-refractivity contribution in [3.8, 4) is 17.6 Å². The maximum absolute atomic E-state index is 13.3. The first-order valence-corrected chi connectivity index (χ1v) is 12.0. The Labute approximate surface area is 230 Å². The van der Waals surface area contributed by atoms with E-state index in [1.807, 2.05) is 0 Å². The molecule has 10 heteroatoms. The first-order valence-electron chi connectivity index (χ1n) is 12.0. The van der Waals surface area contributed by atoms with Gasteiger partial charge < -0.3 is 24.7 Å². The van der Waals surface area contributed by atoms with Crippen LogP contribution in [0, 0.1) is 11.3 Å². The minimum atomic E-state index is -0.997. The third-order valence-electron chi connectivity index (χ3n) is 6.22. The maximum Gasteiger partial charge on any atom is 0.355 e. The molecule has 1 atom stereocenters. The summed E-state index contributed by atoms with van der Waals surface area (Å²) in [5.41, 5.74) is 7.40. The second-order valence-corrected chi connectivity index (χ2v) is 8.42. The lowest BCUT2D eigenvalue weighted by atomic mass is 9.81. The van der Waals surface area contributed by atoms with Gasteiger partial charge in [0, 0.05) is 0 Å². The van der Waals surface area contributed by atoms with E-state index in [2.05, 4.69) is 6.07 Å². The van der Waals surface area contributed by atoms with Crippen molar-refractivity contribution >= 4 is 23.6 Å². The van der Waals surface area contributed by atoms with Gasteiger partial charge in [0.05, 0.1) is 55.7 Å². The van der Waals surface area contributed by atoms with Gasteiger partial charge in [0.1, 0.15) is 17.3 Å². The molecule has 1 unspecified atom stereocenters. The monoisotopic (exact) mass is 539 g/mol. The molecule has 2 N–H and O–H groups in total. The summed E-state index contributed by atoms with van der Waals surface area (Å²) in [6.07, 6.45) is 0. The topological polar surface area (TPSA) is 141 Å². The van der Waals surface area contributed by atoms with Crippen LogP contribution in [0.2, 0.25) is 0 Å². The lowest BCUT2D eigenvalue weighted by Gasteiger charge is -2.36. The number of carbonyl (C=O) groups is 3. The van der Waals surface area contributed by atoms with Gasteiger partial charge in [0.2, 0.25) is 0 Å². The number of methoxy groups -OCH3 is 3. The van der Waals surface area contributed by atoms with E-state index in [1.54, 1.807) is 66.7 Å². The number of ether oxygens (including phenoxy) is 4. The molecule has 0 fully saturated rings. The molecular weight excluding hydrogens is 514 g/mol. The molecule has 1 aliphatic heterocycles. The fourth-order valence-electron chi connectivity index (χ4n) is 4.40. The smallest absolute Gasteiger partial charge is 0.355 e. The van der Waals surface area contributed by atoms with Crippen molar-refractivity contribution in [1.82, 2.24) is 0 Å². The summed E-state index contributed by atoms with van der Waals surface area (Å²) in [5, 5.41) is 10.2. The largest absolute Gasteiger partial charge is 0.466 e. The van der Waals surface area contributed by atoms with Crippen LogP contribution in [0.3, 0.4) is 0 Å². The average Bonchev–Trinajstić information content (AvgIpc) is 3.00. The van der Waals surface area contributed by atoms with Gasteiger partial charge in [-0.3, -0.25) is 4.90 Å². The molecular formula is C30H25N3O7. The van der Waals surface area contributed by atoms with E-state index in [9.17, 15) is 19.6 Å². The van der Waals surface area contributed by atoms with Crippen LogP contribution in [0.1, 0.15) is 21.8 Å². The SMILES string of the molecule is COC(=O)C1=C(C(=O)OC)N(c2ccccc2Oc2ccc(C(=O)OC)cc2)C(N)=C(C#N)C1c1ccccc1. The van der Waals surface area contributed by atoms with Crippen molar-refractivity contribution in [3.63, 3.8) is 0 Å². The summed E-state index contributed by atoms with van der Waals surface area (Å²) in [6.45, 7) is 0. The highest BCUT2D eigenvalue weighted by Gasteiger charge is 2.43. The van der Waals surface area contributed by atoms with Crippen LogP contribution in [-0.4, -0.2) is 39.2 Å². The molecule has 0 aromatic heterocycles. The molecule has 0 spiro atoms. The van der Waals surface area contributed by atoms with E-state index in [4.69, 9.17) is 24.7 Å². The van der Waals surface area contributed by atoms with E-state index in [0.29, 0.717) is 16.9 Å². The Hall–Kier alpha value is -5.56. The van der Waals surface area contributed by atoms with Crippen LogP contribution in [0.25, 0.3) is 0 Å². The summed E-state index contributed by atoms with van der Waals surface area (Å²) in [7, 11) is 3.64. The lowest BCUT2D eigenvalue weighted by Crippen LogP contribution is -2.40. The fraction of sp³-hybridized carbons (Fsp3) is 0.133. The van der Waals surface area contributed by atoms with E-state index in [-0.39, 0.29) is 34.1 Å². The van der Waals surface area contributed by atoms with Crippen LogP contribution in [0.4, 0.5) is 5.69 Å². The normalized spacial score (nSPS) is 14.8. The Balaban J connectivity index is 1.93. The molecule has 202 valence electrons. The van der Waals surface area contributed by atoms with E-state index >= 15 is 0 Å². The molecule has 3 aromatic carbocycles. The summed E-state index contributed by atoms with van der Waals surface area (Å²) < 4.78 is 21.0. The summed E-state index contributed by atoms with van der Waals surface area (Å²) in [6, 6.07) is 23.7. The Kier molecular flexibility index (Phi) is 8.16. The molecule has 0 radical (unpaired) electrons. The highest BCUT2D eigenvalue weighted by Crippen LogP contribution is 2.45. The van der Waals surface area contributed by atoms with E-state index in [0.717, 1.165) is 0 Å². The number of para-hydroxylation sites is 2. The number of esters is 3. The molecule has 40 heavy (non-hydrogen) atoms. The number of nitrogens with two attached hydrogens (primary N) is 1. The first kappa shape index (κ1) is 27.5. The first-order chi connectivity index (χ1) is 19.4. The van der Waals surface area contributed by atoms with Gasteiger partial charge in [0.25, 0.3) is 0 Å². The van der Waals surface area contributed by atoms with Gasteiger partial charge in [-0.25, -0.2) is 14.4 Å². The van der Waals surface area contributed by atoms with Crippen molar-refractivity contribution in [2.45, 2.75) is 5.92 Å². The van der Waals surface area contributed by atoms with Gasteiger partial charge in [-0.15, -0.1) is 0 Å². The van der Waals surface area contributed by atoms with Crippen molar-refractivity contribution in [2.24, 2.45) is 5.73 Å². The third kappa shape index (κ3) is 5.08. The molecule has 0 amide bonds. The Morgan fingerprint density at radius 3 is 2.00 bits per heavy atom. The quantitative estimate of drug-likeness (QED) is 0.344. The molecule has 1 heterocycles. The molecule has 3 aromatic rings. The average molecular weight is 540 g/mol. The van der Waals surface area contributed by atoms with Gasteiger partial charge in [0.15, 0.2) is 5.75 Å². The molecule has 10 nitrogen and oxygen atoms in total. The number of nitriles is 1. The molecule has 0 bridgehead atoms. The van der Waals surface area contributed by atoms with Gasteiger partial charge in [-0.1, -0.05) is 42.5 Å². The summed E-state index contributed by atoms with van der Waals surface area (Å²) in [5.74, 6) is -2.71. The van der Waals surface area contributed by atoms with E-state index in [1.165, 1.54) is 38.4 Å². The minimum absolute atomic E-state index is 0.0245. The number of hydrogen-bond donors (Lipinski definition) is 1. The minimum Gasteiger partial charge on any atom is -0.466 e. The maximum atomic E-state index is 13.3. The van der Waals surface area contributed by atoms with Gasteiger partial charge in [-0.2, -0.15) is 5.26 Å². The van der Waals surface area contributed by atoms with Crippen molar-refractivity contribution in [3.05, 3.63) is 113 Å². The standard InChI is InChI=1S/C30H25N3O7/c1-37-28(34)19-13-15-20(16-14-19)40-23-12-8-7-11-22(23)33-26(30(36)39-3)25(29(35)38-2)24(21(17-31)27(33)32)18-9-5-4-6-10-18/h4-16,24H,32H2,1-3H3. The van der Waals surface area contributed by atoms with Crippen LogP contribution in [0.5, 0.6) is 11.5 Å². The second kappa shape index (κ2) is 11.9. The molecule has 0 saturated heterocycles. The Morgan fingerprint density at radius 1 is 0.800 bits per heavy atom. The highest BCUT2D eigenvalue weighted by molar-refractivity contribution is 6.06. The number of hydrogen-bond acceptors (Lipinski definition) is 10. The van der Waals surface area contributed by atoms with Crippen LogP contribution in [0.15, 0.2) is 102 Å². The summed E-state index contributed by atoms with van der Waals surface area (Å²) in [4.78, 5) is 39.6. The molecule has 0 saturated carbocycles. The lowest BCUT2D eigenvalue weighted by molar-refractivity contribution is -0.139. The van der Waals surface area contributed by atoms with E-state index < -0.39 is 23.8 Å². The number of nitrogens with zero attached hydrogens (tertiary/aromatic N) is 2. The van der Waals surface area contributed by atoms with Gasteiger partial charge >= 0.3 is 17.9 Å². The van der Waals surface area contributed by atoms with Crippen molar-refractivity contribution in [2.75, 3.05) is 26.2 Å². The zero-order valence-corrected chi connectivity index (χ0v) is 21.9. The highest BCUT2D eigenvalue weighted by atomic mass is 16.5. The zero-order chi connectivity index (χ0) is 28.8. The van der Waals surface area contributed by atoms with Crippen molar-refractivity contribution < 1.29 is 33.3 Å². The molecule has 4 rings (SSSR count). The number of rotatable bonds is 7. The zero-order valence-electron chi connectivity index (χ0n) is 21.9. The molecule has 1 aliphatic rings. The Bertz CT molecular complexity index is 1550. The fourth-order valence-corrected chi connectivity index (χ4v) is 4.40. The van der Waals surface area contributed by atoms with Crippen LogP contribution in [-0.2, 0) is 23.8 Å². The predicted octanol–water partition coefficient (Wildman–Crippen LogP) is 4.16. The van der Waals surface area contributed by atoms with Crippen molar-refractivity contribution in [1.29, 1.82) is 5.26 Å². The summed E-state index contributed by atoms with van der Waals surface area (Å²) >= 11 is 0. The number of carbonyl (C=O) groups excluding carboxylic acids is 3. The second-order valence-electron chi connectivity index (χ2n) is 8.42. The third-order valence-corrected chi connectivity index (χ3v) is 6.22. The predicted molar refractivity (Wildman–Crippen MR) is 144 cm³/mol. The number of anilines is 1. The number of allylic oxidation sites excluding steroid dienone is 1. The number of benzene rings is 3. The van der Waals surface area contributed by atoms with Crippen LogP contribution >= 0.6 is 0 Å². The Morgan fingerprint density at radius 2 is 1.40 bits per heavy atom. The van der Waals surface area contributed by atoms with Gasteiger partial charge in [-0.05, 0) is 42.0 Å². The van der Waals surface area contributed by atoms with Crippen LogP contribution < -0.4 is 15.4 Å².